The van der Waals surface area contributed by atoms with E-state index in [1.165, 1.54) is 24.1 Å². The van der Waals surface area contributed by atoms with Crippen LogP contribution in [0.25, 0.3) is 0 Å². The van der Waals surface area contributed by atoms with Crippen LogP contribution in [0.3, 0.4) is 0 Å². The third-order valence-corrected chi connectivity index (χ3v) is 3.82. The Morgan fingerprint density at radius 2 is 1.93 bits per heavy atom. The molecule has 2 aromatic heterocycles. The molecule has 0 aliphatic rings. The van der Waals surface area contributed by atoms with Gasteiger partial charge in [0.1, 0.15) is 5.82 Å². The quantitative estimate of drug-likeness (QED) is 0.762. The van der Waals surface area contributed by atoms with Crippen molar-refractivity contribution in [3.8, 4) is 5.88 Å². The maximum atomic E-state index is 12.9. The van der Waals surface area contributed by atoms with Crippen LogP contribution in [0, 0.1) is 13.8 Å². The molecule has 0 saturated heterocycles. The second-order valence-electron chi connectivity index (χ2n) is 7.05. The molecular formula is C20H24F2N4O3. The van der Waals surface area contributed by atoms with Crippen LogP contribution in [0.2, 0.25) is 0 Å². The van der Waals surface area contributed by atoms with E-state index >= 15 is 0 Å². The minimum Gasteiger partial charge on any atom is -0.471 e. The molecule has 0 bridgehead atoms. The Morgan fingerprint density at radius 1 is 1.24 bits per heavy atom. The molecule has 2 rings (SSSR count). The van der Waals surface area contributed by atoms with Gasteiger partial charge < -0.3 is 15.0 Å². The summed E-state index contributed by atoms with van der Waals surface area (Å²) in [5, 5.41) is 2.57. The van der Waals surface area contributed by atoms with E-state index in [0.29, 0.717) is 22.6 Å². The van der Waals surface area contributed by atoms with Gasteiger partial charge in [-0.3, -0.25) is 9.59 Å². The van der Waals surface area contributed by atoms with Crippen molar-refractivity contribution in [2.75, 3.05) is 19.0 Å². The molecule has 2 heterocycles. The number of ether oxygens (including phenoxy) is 1. The third-order valence-electron chi connectivity index (χ3n) is 3.82. The fourth-order valence-corrected chi connectivity index (χ4v) is 2.66. The number of carbonyl (C=O) groups excluding carboxylic acids is 2. The van der Waals surface area contributed by atoms with Gasteiger partial charge in [0.15, 0.2) is 6.61 Å². The molecule has 156 valence electrons. The van der Waals surface area contributed by atoms with Gasteiger partial charge in [0.2, 0.25) is 11.8 Å². The fraction of sp³-hybridized carbons (Fsp3) is 0.400. The zero-order valence-electron chi connectivity index (χ0n) is 17.0. The number of nitrogens with one attached hydrogen (secondary N) is 1. The molecule has 2 amide bonds. The molecule has 0 fully saturated rings. The van der Waals surface area contributed by atoms with Gasteiger partial charge in [-0.05, 0) is 37.6 Å². The van der Waals surface area contributed by atoms with Crippen molar-refractivity contribution in [2.24, 2.45) is 0 Å². The van der Waals surface area contributed by atoms with Crippen molar-refractivity contribution in [2.45, 2.75) is 40.2 Å². The summed E-state index contributed by atoms with van der Waals surface area (Å²) >= 11 is 0. The van der Waals surface area contributed by atoms with Crippen molar-refractivity contribution in [1.29, 1.82) is 0 Å². The van der Waals surface area contributed by atoms with E-state index in [-0.39, 0.29) is 24.2 Å². The van der Waals surface area contributed by atoms with Crippen LogP contribution in [0.5, 0.6) is 5.88 Å². The highest BCUT2D eigenvalue weighted by Gasteiger charge is 2.23. The Morgan fingerprint density at radius 3 is 2.52 bits per heavy atom. The highest BCUT2D eigenvalue weighted by atomic mass is 19.3. The average molecular weight is 406 g/mol. The van der Waals surface area contributed by atoms with Gasteiger partial charge in [0.05, 0.1) is 0 Å². The van der Waals surface area contributed by atoms with Crippen molar-refractivity contribution < 1.29 is 23.1 Å². The highest BCUT2D eigenvalue weighted by Crippen LogP contribution is 2.20. The smallest absolute Gasteiger partial charge is 0.278 e. The van der Waals surface area contributed by atoms with Crippen molar-refractivity contribution in [1.82, 2.24) is 14.9 Å². The van der Waals surface area contributed by atoms with Crippen molar-refractivity contribution in [3.05, 3.63) is 46.8 Å². The molecule has 0 atom stereocenters. The summed E-state index contributed by atoms with van der Waals surface area (Å²) in [7, 11) is 1.63. The summed E-state index contributed by atoms with van der Waals surface area (Å²) in [5.41, 5.74) is 2.31. The normalized spacial score (nSPS) is 11.1. The van der Waals surface area contributed by atoms with E-state index in [1.807, 2.05) is 0 Å². The summed E-state index contributed by atoms with van der Waals surface area (Å²) in [6.07, 6.45) is 1.49. The third kappa shape index (κ3) is 6.78. The number of carbonyl (C=O) groups is 2. The second-order valence-corrected chi connectivity index (χ2v) is 7.05. The van der Waals surface area contributed by atoms with Gasteiger partial charge >= 0.3 is 0 Å². The van der Waals surface area contributed by atoms with E-state index in [4.69, 9.17) is 4.74 Å². The molecule has 0 aliphatic carbocycles. The van der Waals surface area contributed by atoms with Crippen LogP contribution in [-0.4, -0.2) is 46.3 Å². The zero-order chi connectivity index (χ0) is 21.8. The SMILES string of the molecule is CC(=O)Nc1cc(C(=O)N(C)Cc2cnc(OCC(C)(F)F)c(C)c2)cc(C)n1. The van der Waals surface area contributed by atoms with Crippen molar-refractivity contribution in [3.63, 3.8) is 0 Å². The number of aryl methyl sites for hydroxylation is 2. The Bertz CT molecular complexity index is 913. The molecule has 7 nitrogen and oxygen atoms in total. The van der Waals surface area contributed by atoms with E-state index in [0.717, 1.165) is 12.5 Å². The lowest BCUT2D eigenvalue weighted by Crippen LogP contribution is -2.27. The lowest BCUT2D eigenvalue weighted by atomic mass is 10.1. The molecule has 0 saturated carbocycles. The number of pyridine rings is 2. The summed E-state index contributed by atoms with van der Waals surface area (Å²) in [4.78, 5) is 33.7. The molecule has 29 heavy (non-hydrogen) atoms. The number of hydrogen-bond acceptors (Lipinski definition) is 5. The van der Waals surface area contributed by atoms with Crippen LogP contribution in [0.1, 0.15) is 41.0 Å². The molecule has 0 radical (unpaired) electrons. The van der Waals surface area contributed by atoms with Gasteiger partial charge in [-0.25, -0.2) is 18.7 Å². The van der Waals surface area contributed by atoms with Gasteiger partial charge in [-0.1, -0.05) is 0 Å². The topological polar surface area (TPSA) is 84.4 Å². The first-order chi connectivity index (χ1) is 13.4. The first-order valence-electron chi connectivity index (χ1n) is 8.92. The van der Waals surface area contributed by atoms with Crippen molar-refractivity contribution >= 4 is 17.6 Å². The predicted molar refractivity (Wildman–Crippen MR) is 104 cm³/mol. The summed E-state index contributed by atoms with van der Waals surface area (Å²) in [5.74, 6) is -3.04. The molecule has 0 aliphatic heterocycles. The number of hydrogen-bond donors (Lipinski definition) is 1. The maximum Gasteiger partial charge on any atom is 0.278 e. The second kappa shape index (κ2) is 8.93. The predicted octanol–water partition coefficient (Wildman–Crippen LogP) is 3.36. The standard InChI is InChI=1S/C20H24F2N4O3/c1-12-6-15(9-23-18(12)29-11-20(4,21)22)10-26(5)19(28)16-7-13(2)24-17(8-16)25-14(3)27/h6-9H,10-11H2,1-5H3,(H,24,25,27). The minimum absolute atomic E-state index is 0.133. The molecule has 0 spiro atoms. The zero-order valence-corrected chi connectivity index (χ0v) is 17.0. The van der Waals surface area contributed by atoms with Crippen LogP contribution >= 0.6 is 0 Å². The number of aromatic nitrogens is 2. The van der Waals surface area contributed by atoms with Gasteiger partial charge in [-0.15, -0.1) is 0 Å². The summed E-state index contributed by atoms with van der Waals surface area (Å²) in [6.45, 7) is 5.07. The van der Waals surface area contributed by atoms with E-state index in [2.05, 4.69) is 15.3 Å². The Balaban J connectivity index is 2.10. The molecule has 9 heteroatoms. The number of halogens is 2. The molecule has 1 N–H and O–H groups in total. The van der Waals surface area contributed by atoms with Crippen LogP contribution in [0.4, 0.5) is 14.6 Å². The highest BCUT2D eigenvalue weighted by molar-refractivity contribution is 5.96. The van der Waals surface area contributed by atoms with Gasteiger partial charge in [0, 0.05) is 50.5 Å². The molecule has 2 aromatic rings. The molecule has 0 aromatic carbocycles. The number of amides is 2. The first-order valence-corrected chi connectivity index (χ1v) is 8.92. The molecule has 0 unspecified atom stereocenters. The first kappa shape index (κ1) is 22.2. The summed E-state index contributed by atoms with van der Waals surface area (Å²) < 4.78 is 30.9. The van der Waals surface area contributed by atoms with Crippen LogP contribution < -0.4 is 10.1 Å². The number of nitrogens with zero attached hydrogens (tertiary/aromatic N) is 3. The lowest BCUT2D eigenvalue weighted by Gasteiger charge is -2.19. The minimum atomic E-state index is -2.95. The fourth-order valence-electron chi connectivity index (χ4n) is 2.66. The monoisotopic (exact) mass is 406 g/mol. The number of alkyl halides is 2. The van der Waals surface area contributed by atoms with E-state index in [1.54, 1.807) is 33.0 Å². The Labute approximate surface area is 168 Å². The number of anilines is 1. The van der Waals surface area contributed by atoms with Crippen LogP contribution in [-0.2, 0) is 11.3 Å². The summed E-state index contributed by atoms with van der Waals surface area (Å²) in [6, 6.07) is 4.88. The average Bonchev–Trinajstić information content (AvgIpc) is 2.58. The van der Waals surface area contributed by atoms with Gasteiger partial charge in [-0.2, -0.15) is 0 Å². The molecular weight excluding hydrogens is 382 g/mol. The number of rotatable bonds is 7. The van der Waals surface area contributed by atoms with E-state index in [9.17, 15) is 18.4 Å². The Kier molecular flexibility index (Phi) is 6.84. The largest absolute Gasteiger partial charge is 0.471 e. The van der Waals surface area contributed by atoms with Crippen LogP contribution in [0.15, 0.2) is 24.4 Å². The van der Waals surface area contributed by atoms with E-state index < -0.39 is 12.5 Å². The maximum absolute atomic E-state index is 12.9. The Hall–Kier alpha value is -3.10. The van der Waals surface area contributed by atoms with Gasteiger partial charge in [0.25, 0.3) is 11.8 Å². The lowest BCUT2D eigenvalue weighted by molar-refractivity contribution is -0.114.